The molecule has 0 aliphatic heterocycles. The Balaban J connectivity index is 2.26. The standard InChI is InChI=1S/C17H17ClN2O5/c1-10(13-9-12(24-2)5-7-16(13)25-3)19-17(21)11-4-6-14(18)15(8-11)20(22)23/h4-10H,1-3H3,(H,19,21). The zero-order chi connectivity index (χ0) is 18.6. The van der Waals surface area contributed by atoms with Crippen molar-refractivity contribution in [3.63, 3.8) is 0 Å². The Kier molecular flexibility index (Phi) is 5.82. The van der Waals surface area contributed by atoms with E-state index in [9.17, 15) is 14.9 Å². The lowest BCUT2D eigenvalue weighted by atomic mass is 10.1. The van der Waals surface area contributed by atoms with Crippen LogP contribution in [0.15, 0.2) is 36.4 Å². The van der Waals surface area contributed by atoms with Crippen molar-refractivity contribution >= 4 is 23.2 Å². The Morgan fingerprint density at radius 2 is 1.92 bits per heavy atom. The van der Waals surface area contributed by atoms with Crippen LogP contribution >= 0.6 is 11.6 Å². The Hall–Kier alpha value is -2.80. The van der Waals surface area contributed by atoms with Crippen molar-refractivity contribution in [2.75, 3.05) is 14.2 Å². The molecule has 0 bridgehead atoms. The molecule has 8 heteroatoms. The van der Waals surface area contributed by atoms with Crippen LogP contribution in [0.4, 0.5) is 5.69 Å². The first-order valence-electron chi connectivity index (χ1n) is 7.34. The largest absolute Gasteiger partial charge is 0.497 e. The summed E-state index contributed by atoms with van der Waals surface area (Å²) in [6.45, 7) is 1.78. The van der Waals surface area contributed by atoms with E-state index in [1.165, 1.54) is 19.2 Å². The Bertz CT molecular complexity index is 810. The number of nitro benzene ring substituents is 1. The lowest BCUT2D eigenvalue weighted by molar-refractivity contribution is -0.384. The molecule has 0 spiro atoms. The van der Waals surface area contributed by atoms with Gasteiger partial charge in [-0.3, -0.25) is 14.9 Å². The molecular formula is C17H17ClN2O5. The third-order valence-corrected chi connectivity index (χ3v) is 3.98. The van der Waals surface area contributed by atoms with Crippen LogP contribution in [0.1, 0.15) is 28.9 Å². The molecule has 132 valence electrons. The van der Waals surface area contributed by atoms with Crippen LogP contribution in [-0.2, 0) is 0 Å². The number of nitrogens with zero attached hydrogens (tertiary/aromatic N) is 1. The van der Waals surface area contributed by atoms with E-state index in [1.54, 1.807) is 32.2 Å². The van der Waals surface area contributed by atoms with Gasteiger partial charge in [0, 0.05) is 17.2 Å². The number of methoxy groups -OCH3 is 2. The molecule has 0 radical (unpaired) electrons. The normalized spacial score (nSPS) is 11.5. The second kappa shape index (κ2) is 7.85. The van der Waals surface area contributed by atoms with Crippen molar-refractivity contribution < 1.29 is 19.2 Å². The highest BCUT2D eigenvalue weighted by Crippen LogP contribution is 2.30. The van der Waals surface area contributed by atoms with E-state index in [0.717, 1.165) is 11.6 Å². The van der Waals surface area contributed by atoms with E-state index >= 15 is 0 Å². The van der Waals surface area contributed by atoms with E-state index in [1.807, 2.05) is 0 Å². The van der Waals surface area contributed by atoms with E-state index in [2.05, 4.69) is 5.32 Å². The van der Waals surface area contributed by atoms with Crippen LogP contribution in [0.2, 0.25) is 5.02 Å². The maximum atomic E-state index is 12.4. The van der Waals surface area contributed by atoms with Crippen LogP contribution < -0.4 is 14.8 Å². The molecule has 2 rings (SSSR count). The second-order valence-corrected chi connectivity index (χ2v) is 5.63. The van der Waals surface area contributed by atoms with Gasteiger partial charge < -0.3 is 14.8 Å². The zero-order valence-corrected chi connectivity index (χ0v) is 14.7. The molecule has 0 aliphatic rings. The minimum Gasteiger partial charge on any atom is -0.497 e. The number of halogens is 1. The molecular weight excluding hydrogens is 348 g/mol. The maximum Gasteiger partial charge on any atom is 0.288 e. The average Bonchev–Trinajstić information content (AvgIpc) is 2.60. The second-order valence-electron chi connectivity index (χ2n) is 5.23. The summed E-state index contributed by atoms with van der Waals surface area (Å²) in [6.07, 6.45) is 0. The SMILES string of the molecule is COc1ccc(OC)c(C(C)NC(=O)c2ccc(Cl)c([N+](=O)[O-])c2)c1. The van der Waals surface area contributed by atoms with Crippen molar-refractivity contribution in [1.29, 1.82) is 0 Å². The summed E-state index contributed by atoms with van der Waals surface area (Å²) in [5, 5.41) is 13.7. The van der Waals surface area contributed by atoms with Crippen LogP contribution in [-0.4, -0.2) is 25.1 Å². The number of carbonyl (C=O) groups is 1. The van der Waals surface area contributed by atoms with Crippen LogP contribution in [0.25, 0.3) is 0 Å². The third kappa shape index (κ3) is 4.19. The lowest BCUT2D eigenvalue weighted by Crippen LogP contribution is -2.27. The summed E-state index contributed by atoms with van der Waals surface area (Å²) in [6, 6.07) is 8.74. The highest BCUT2D eigenvalue weighted by atomic mass is 35.5. The highest BCUT2D eigenvalue weighted by molar-refractivity contribution is 6.32. The van der Waals surface area contributed by atoms with E-state index in [0.29, 0.717) is 11.5 Å². The fourth-order valence-electron chi connectivity index (χ4n) is 2.33. The maximum absolute atomic E-state index is 12.4. The number of carbonyl (C=O) groups excluding carboxylic acids is 1. The predicted octanol–water partition coefficient (Wildman–Crippen LogP) is 3.76. The molecule has 1 N–H and O–H groups in total. The number of hydrogen-bond acceptors (Lipinski definition) is 5. The van der Waals surface area contributed by atoms with Crippen LogP contribution in [0, 0.1) is 10.1 Å². The van der Waals surface area contributed by atoms with Gasteiger partial charge >= 0.3 is 0 Å². The van der Waals surface area contributed by atoms with Crippen molar-refractivity contribution in [3.8, 4) is 11.5 Å². The summed E-state index contributed by atoms with van der Waals surface area (Å²) in [5.41, 5.74) is 0.546. The topological polar surface area (TPSA) is 90.7 Å². The van der Waals surface area contributed by atoms with Crippen molar-refractivity contribution in [3.05, 3.63) is 62.7 Å². The summed E-state index contributed by atoms with van der Waals surface area (Å²) >= 11 is 5.77. The molecule has 1 atom stereocenters. The number of ether oxygens (including phenoxy) is 2. The predicted molar refractivity (Wildman–Crippen MR) is 93.5 cm³/mol. The lowest BCUT2D eigenvalue weighted by Gasteiger charge is -2.18. The van der Waals surface area contributed by atoms with Gasteiger partial charge in [-0.1, -0.05) is 11.6 Å². The zero-order valence-electron chi connectivity index (χ0n) is 13.9. The van der Waals surface area contributed by atoms with E-state index in [-0.39, 0.29) is 16.3 Å². The van der Waals surface area contributed by atoms with Gasteiger partial charge in [0.05, 0.1) is 25.2 Å². The first-order chi connectivity index (χ1) is 11.9. The molecule has 1 amide bonds. The van der Waals surface area contributed by atoms with Crippen molar-refractivity contribution in [1.82, 2.24) is 5.32 Å². The highest BCUT2D eigenvalue weighted by Gasteiger charge is 2.19. The van der Waals surface area contributed by atoms with Gasteiger partial charge in [0.2, 0.25) is 0 Å². The molecule has 0 saturated carbocycles. The van der Waals surface area contributed by atoms with Gasteiger partial charge in [-0.2, -0.15) is 0 Å². The molecule has 0 aromatic heterocycles. The molecule has 25 heavy (non-hydrogen) atoms. The first kappa shape index (κ1) is 18.5. The van der Waals surface area contributed by atoms with Crippen molar-refractivity contribution in [2.24, 2.45) is 0 Å². The van der Waals surface area contributed by atoms with Gasteiger partial charge in [0.25, 0.3) is 11.6 Å². The number of rotatable bonds is 6. The van der Waals surface area contributed by atoms with Gasteiger partial charge in [0.15, 0.2) is 0 Å². The summed E-state index contributed by atoms with van der Waals surface area (Å²) in [5.74, 6) is 0.756. The Morgan fingerprint density at radius 1 is 1.20 bits per heavy atom. The third-order valence-electron chi connectivity index (χ3n) is 3.66. The molecule has 0 saturated heterocycles. The van der Waals surface area contributed by atoms with Crippen LogP contribution in [0.5, 0.6) is 11.5 Å². The minimum atomic E-state index is -0.631. The molecule has 1 unspecified atom stereocenters. The molecule has 0 aliphatic carbocycles. The van der Waals surface area contributed by atoms with Crippen molar-refractivity contribution in [2.45, 2.75) is 13.0 Å². The smallest absolute Gasteiger partial charge is 0.288 e. The first-order valence-corrected chi connectivity index (χ1v) is 7.72. The number of nitrogens with one attached hydrogen (secondary N) is 1. The number of amides is 1. The Morgan fingerprint density at radius 3 is 2.52 bits per heavy atom. The summed E-state index contributed by atoms with van der Waals surface area (Å²) in [7, 11) is 3.07. The molecule has 2 aromatic carbocycles. The molecule has 2 aromatic rings. The van der Waals surface area contributed by atoms with E-state index < -0.39 is 16.9 Å². The minimum absolute atomic E-state index is 0.0240. The Labute approximate surface area is 149 Å². The number of benzene rings is 2. The average molecular weight is 365 g/mol. The molecule has 0 heterocycles. The fourth-order valence-corrected chi connectivity index (χ4v) is 2.52. The van der Waals surface area contributed by atoms with E-state index in [4.69, 9.17) is 21.1 Å². The molecule has 7 nitrogen and oxygen atoms in total. The summed E-state index contributed by atoms with van der Waals surface area (Å²) in [4.78, 5) is 22.7. The quantitative estimate of drug-likeness (QED) is 0.622. The number of hydrogen-bond donors (Lipinski definition) is 1. The monoisotopic (exact) mass is 364 g/mol. The van der Waals surface area contributed by atoms with Crippen LogP contribution in [0.3, 0.4) is 0 Å². The number of nitro groups is 1. The molecule has 0 fully saturated rings. The van der Waals surface area contributed by atoms with Gasteiger partial charge in [-0.05, 0) is 37.3 Å². The van der Waals surface area contributed by atoms with Gasteiger partial charge in [-0.25, -0.2) is 0 Å². The van der Waals surface area contributed by atoms with Gasteiger partial charge in [0.1, 0.15) is 16.5 Å². The van der Waals surface area contributed by atoms with Gasteiger partial charge in [-0.15, -0.1) is 0 Å². The fraction of sp³-hybridized carbons (Fsp3) is 0.235. The summed E-state index contributed by atoms with van der Waals surface area (Å²) < 4.78 is 10.5.